The molecule has 31 heavy (non-hydrogen) atoms. The number of amides is 1. The van der Waals surface area contributed by atoms with Crippen molar-refractivity contribution < 1.29 is 17.9 Å². The number of pyridine rings is 1. The van der Waals surface area contributed by atoms with E-state index in [1.54, 1.807) is 30.6 Å². The number of sulfonamides is 1. The summed E-state index contributed by atoms with van der Waals surface area (Å²) in [5.74, 6) is 0.635. The molecular formula is C20H22N6O4S. The van der Waals surface area contributed by atoms with E-state index < -0.39 is 15.9 Å². The van der Waals surface area contributed by atoms with E-state index in [-0.39, 0.29) is 28.8 Å². The highest BCUT2D eigenvalue weighted by Crippen LogP contribution is 2.34. The molecule has 0 saturated carbocycles. The average molecular weight is 443 g/mol. The molecule has 0 spiro atoms. The lowest BCUT2D eigenvalue weighted by atomic mass is 10.1. The number of fused-ring (bicyclic) bond motifs is 1. The standard InChI is InChI=1S/C20H22N6O4S/c1-12(2)26-11-21-24-19(26)15-6-5-7-18(22-15)23-20(27)14-9-17-13(8-16(14)30-4)10-25(3)31(17,28)29/h5-9,11-12H,10H2,1-4H3,(H,22,23,27). The van der Waals surface area contributed by atoms with Gasteiger partial charge in [0.1, 0.15) is 23.6 Å². The van der Waals surface area contributed by atoms with Crippen LogP contribution in [0.5, 0.6) is 5.75 Å². The van der Waals surface area contributed by atoms with E-state index in [2.05, 4.69) is 20.5 Å². The van der Waals surface area contributed by atoms with Crippen molar-refractivity contribution in [2.45, 2.75) is 31.3 Å². The molecule has 3 heterocycles. The zero-order chi connectivity index (χ0) is 22.3. The number of rotatable bonds is 5. The first-order chi connectivity index (χ1) is 14.7. The zero-order valence-corrected chi connectivity index (χ0v) is 18.3. The first kappa shape index (κ1) is 20.9. The van der Waals surface area contributed by atoms with Crippen LogP contribution in [-0.4, -0.2) is 52.5 Å². The summed E-state index contributed by atoms with van der Waals surface area (Å²) in [5, 5.41) is 10.8. The van der Waals surface area contributed by atoms with Gasteiger partial charge in [0.15, 0.2) is 5.82 Å². The fraction of sp³-hybridized carbons (Fsp3) is 0.300. The molecule has 1 aromatic carbocycles. The van der Waals surface area contributed by atoms with Crippen LogP contribution in [0.2, 0.25) is 0 Å². The molecule has 2 aromatic heterocycles. The number of hydrogen-bond acceptors (Lipinski definition) is 7. The molecule has 0 unspecified atom stereocenters. The summed E-state index contributed by atoms with van der Waals surface area (Å²) in [6.07, 6.45) is 1.62. The van der Waals surface area contributed by atoms with Crippen LogP contribution in [0.3, 0.4) is 0 Å². The highest BCUT2D eigenvalue weighted by molar-refractivity contribution is 7.89. The van der Waals surface area contributed by atoms with Gasteiger partial charge >= 0.3 is 0 Å². The van der Waals surface area contributed by atoms with E-state index in [1.165, 1.54) is 24.5 Å². The van der Waals surface area contributed by atoms with Gasteiger partial charge in [0.05, 0.1) is 17.6 Å². The molecule has 1 aliphatic rings. The van der Waals surface area contributed by atoms with Crippen molar-refractivity contribution in [3.05, 3.63) is 47.8 Å². The number of hydrogen-bond donors (Lipinski definition) is 1. The summed E-state index contributed by atoms with van der Waals surface area (Å²) in [6.45, 7) is 4.24. The Balaban J connectivity index is 1.67. The lowest BCUT2D eigenvalue weighted by Crippen LogP contribution is -2.19. The van der Waals surface area contributed by atoms with Gasteiger partial charge in [-0.1, -0.05) is 6.07 Å². The van der Waals surface area contributed by atoms with E-state index in [9.17, 15) is 13.2 Å². The second-order valence-electron chi connectivity index (χ2n) is 7.44. The van der Waals surface area contributed by atoms with E-state index in [4.69, 9.17) is 4.74 Å². The predicted octanol–water partition coefficient (Wildman–Crippen LogP) is 2.32. The maximum Gasteiger partial charge on any atom is 0.260 e. The molecule has 1 amide bonds. The minimum absolute atomic E-state index is 0.104. The molecule has 11 heteroatoms. The van der Waals surface area contributed by atoms with Crippen LogP contribution in [0.4, 0.5) is 5.82 Å². The quantitative estimate of drug-likeness (QED) is 0.644. The van der Waals surface area contributed by atoms with Crippen molar-refractivity contribution in [2.75, 3.05) is 19.5 Å². The number of nitrogens with one attached hydrogen (secondary N) is 1. The van der Waals surface area contributed by atoms with Crippen molar-refractivity contribution in [2.24, 2.45) is 0 Å². The summed E-state index contributed by atoms with van der Waals surface area (Å²) in [5.41, 5.74) is 1.25. The van der Waals surface area contributed by atoms with Crippen LogP contribution >= 0.6 is 0 Å². The Morgan fingerprint density at radius 1 is 1.26 bits per heavy atom. The summed E-state index contributed by atoms with van der Waals surface area (Å²) in [7, 11) is -0.697. The first-order valence-corrected chi connectivity index (χ1v) is 11.0. The van der Waals surface area contributed by atoms with Gasteiger partial charge in [0, 0.05) is 19.6 Å². The Kier molecular flexibility index (Phi) is 5.23. The van der Waals surface area contributed by atoms with Crippen LogP contribution in [0.15, 0.2) is 41.6 Å². The van der Waals surface area contributed by atoms with Crippen molar-refractivity contribution in [1.29, 1.82) is 0 Å². The molecule has 1 aliphatic heterocycles. The fourth-order valence-electron chi connectivity index (χ4n) is 3.42. The van der Waals surface area contributed by atoms with Crippen molar-refractivity contribution >= 4 is 21.7 Å². The van der Waals surface area contributed by atoms with Gasteiger partial charge in [-0.25, -0.2) is 13.4 Å². The average Bonchev–Trinajstić information content (AvgIpc) is 3.31. The van der Waals surface area contributed by atoms with Crippen LogP contribution in [-0.2, 0) is 16.6 Å². The highest BCUT2D eigenvalue weighted by atomic mass is 32.2. The minimum atomic E-state index is -3.62. The Morgan fingerprint density at radius 3 is 2.74 bits per heavy atom. The molecule has 4 rings (SSSR count). The number of carbonyl (C=O) groups is 1. The molecule has 0 atom stereocenters. The number of aromatic nitrogens is 4. The van der Waals surface area contributed by atoms with Crippen LogP contribution in [0.25, 0.3) is 11.5 Å². The second-order valence-corrected chi connectivity index (χ2v) is 9.45. The third-order valence-corrected chi connectivity index (χ3v) is 6.94. The van der Waals surface area contributed by atoms with Gasteiger partial charge in [-0.15, -0.1) is 10.2 Å². The summed E-state index contributed by atoms with van der Waals surface area (Å²) < 4.78 is 33.5. The highest BCUT2D eigenvalue weighted by Gasteiger charge is 2.34. The zero-order valence-electron chi connectivity index (χ0n) is 17.5. The van der Waals surface area contributed by atoms with Gasteiger partial charge in [-0.2, -0.15) is 4.31 Å². The number of methoxy groups -OCH3 is 1. The molecule has 1 N–H and O–H groups in total. The van der Waals surface area contributed by atoms with Gasteiger partial charge in [0.2, 0.25) is 10.0 Å². The number of nitrogens with zero attached hydrogens (tertiary/aromatic N) is 5. The van der Waals surface area contributed by atoms with Crippen molar-refractivity contribution in [3.8, 4) is 17.3 Å². The van der Waals surface area contributed by atoms with E-state index in [1.807, 2.05) is 18.4 Å². The molecule has 0 bridgehead atoms. The maximum absolute atomic E-state index is 13.0. The molecule has 3 aromatic rings. The van der Waals surface area contributed by atoms with E-state index in [0.717, 1.165) is 0 Å². The van der Waals surface area contributed by atoms with Crippen LogP contribution < -0.4 is 10.1 Å². The van der Waals surface area contributed by atoms with Crippen molar-refractivity contribution in [1.82, 2.24) is 24.1 Å². The number of ether oxygens (including phenoxy) is 1. The Hall–Kier alpha value is -3.31. The lowest BCUT2D eigenvalue weighted by Gasteiger charge is -2.12. The number of anilines is 1. The van der Waals surface area contributed by atoms with E-state index in [0.29, 0.717) is 22.9 Å². The number of carbonyl (C=O) groups excluding carboxylic acids is 1. The molecule has 0 radical (unpaired) electrons. The summed E-state index contributed by atoms with van der Waals surface area (Å²) in [6, 6.07) is 8.23. The normalized spacial score (nSPS) is 15.1. The largest absolute Gasteiger partial charge is 0.496 e. The monoisotopic (exact) mass is 442 g/mol. The SMILES string of the molecule is COc1cc2c(cc1C(=O)Nc1cccc(-c3nncn3C(C)C)n1)S(=O)(=O)N(C)C2. The molecule has 0 saturated heterocycles. The molecule has 10 nitrogen and oxygen atoms in total. The van der Waals surface area contributed by atoms with E-state index >= 15 is 0 Å². The second kappa shape index (κ2) is 7.75. The van der Waals surface area contributed by atoms with Gasteiger partial charge in [-0.05, 0) is 43.7 Å². The third-order valence-electron chi connectivity index (χ3n) is 5.06. The lowest BCUT2D eigenvalue weighted by molar-refractivity contribution is 0.102. The Bertz CT molecular complexity index is 1270. The molecule has 0 fully saturated rings. The maximum atomic E-state index is 13.0. The van der Waals surface area contributed by atoms with Gasteiger partial charge < -0.3 is 14.6 Å². The van der Waals surface area contributed by atoms with Gasteiger partial charge in [-0.3, -0.25) is 4.79 Å². The molecular weight excluding hydrogens is 420 g/mol. The Labute approximate surface area is 179 Å². The summed E-state index contributed by atoms with van der Waals surface area (Å²) in [4.78, 5) is 17.6. The first-order valence-electron chi connectivity index (χ1n) is 9.58. The van der Waals surface area contributed by atoms with Gasteiger partial charge in [0.25, 0.3) is 5.91 Å². The summed E-state index contributed by atoms with van der Waals surface area (Å²) >= 11 is 0. The third kappa shape index (κ3) is 3.66. The smallest absolute Gasteiger partial charge is 0.260 e. The molecule has 162 valence electrons. The van der Waals surface area contributed by atoms with Crippen molar-refractivity contribution in [3.63, 3.8) is 0 Å². The number of benzene rings is 1. The topological polar surface area (TPSA) is 119 Å². The van der Waals surface area contributed by atoms with Crippen LogP contribution in [0.1, 0.15) is 35.8 Å². The fourth-order valence-corrected chi connectivity index (χ4v) is 4.79. The molecule has 0 aliphatic carbocycles. The minimum Gasteiger partial charge on any atom is -0.496 e. The van der Waals surface area contributed by atoms with Crippen LogP contribution in [0, 0.1) is 0 Å². The predicted molar refractivity (Wildman–Crippen MR) is 113 cm³/mol. The Morgan fingerprint density at radius 2 is 2.03 bits per heavy atom.